The molecule has 0 aromatic heterocycles. The summed E-state index contributed by atoms with van der Waals surface area (Å²) in [5.41, 5.74) is 0.353. The zero-order valence-electron chi connectivity index (χ0n) is 16.0. The van der Waals surface area contributed by atoms with Gasteiger partial charge in [0.05, 0.1) is 6.61 Å². The van der Waals surface area contributed by atoms with Crippen LogP contribution in [0.25, 0.3) is 0 Å². The molecule has 1 aromatic rings. The predicted octanol–water partition coefficient (Wildman–Crippen LogP) is 2.16. The number of nitrogens with one attached hydrogen (secondary N) is 1. The molecule has 1 heterocycles. The number of rotatable bonds is 10. The van der Waals surface area contributed by atoms with E-state index in [9.17, 15) is 9.59 Å². The zero-order valence-corrected chi connectivity index (χ0v) is 16.0. The van der Waals surface area contributed by atoms with Crippen LogP contribution >= 0.6 is 0 Å². The van der Waals surface area contributed by atoms with E-state index in [1.807, 2.05) is 38.1 Å². The average molecular weight is 362 g/mol. The quantitative estimate of drug-likeness (QED) is 0.648. The smallest absolute Gasteiger partial charge is 0.245 e. The Balaban J connectivity index is 1.94. The molecule has 144 valence electrons. The van der Waals surface area contributed by atoms with E-state index in [-0.39, 0.29) is 11.8 Å². The van der Waals surface area contributed by atoms with Gasteiger partial charge in [0.1, 0.15) is 11.3 Å². The van der Waals surface area contributed by atoms with Crippen molar-refractivity contribution in [1.29, 1.82) is 0 Å². The second kappa shape index (κ2) is 9.57. The van der Waals surface area contributed by atoms with Crippen LogP contribution in [0.15, 0.2) is 24.3 Å². The summed E-state index contributed by atoms with van der Waals surface area (Å²) >= 11 is 0. The third-order valence-corrected chi connectivity index (χ3v) is 4.88. The highest BCUT2D eigenvalue weighted by Gasteiger charge is 2.46. The molecule has 6 nitrogen and oxygen atoms in total. The normalized spacial score (nSPS) is 19.7. The summed E-state index contributed by atoms with van der Waals surface area (Å²) in [6.07, 6.45) is 2.46. The summed E-state index contributed by atoms with van der Waals surface area (Å²) in [6.45, 7) is 6.16. The van der Waals surface area contributed by atoms with E-state index in [2.05, 4.69) is 5.32 Å². The number of hydrogen-bond donors (Lipinski definition) is 1. The molecule has 2 rings (SSSR count). The van der Waals surface area contributed by atoms with E-state index in [4.69, 9.17) is 9.47 Å². The maximum absolute atomic E-state index is 12.7. The summed E-state index contributed by atoms with van der Waals surface area (Å²) < 4.78 is 10.4. The van der Waals surface area contributed by atoms with Gasteiger partial charge >= 0.3 is 0 Å². The van der Waals surface area contributed by atoms with Crippen molar-refractivity contribution in [1.82, 2.24) is 10.2 Å². The first-order valence-corrected chi connectivity index (χ1v) is 9.30. The number of benzene rings is 1. The van der Waals surface area contributed by atoms with Gasteiger partial charge in [0.15, 0.2) is 0 Å². The molecule has 0 unspecified atom stereocenters. The second-order valence-electron chi connectivity index (χ2n) is 6.75. The summed E-state index contributed by atoms with van der Waals surface area (Å²) in [5, 5.41) is 2.94. The number of carbonyl (C=O) groups excluding carboxylic acids is 2. The van der Waals surface area contributed by atoms with Crippen LogP contribution in [0.2, 0.25) is 0 Å². The Bertz CT molecular complexity index is 602. The molecule has 1 fully saturated rings. The molecule has 2 amide bonds. The predicted molar refractivity (Wildman–Crippen MR) is 100 cm³/mol. The molecular formula is C20H30N2O4. The summed E-state index contributed by atoms with van der Waals surface area (Å²) in [5.74, 6) is 0.811. The van der Waals surface area contributed by atoms with Crippen LogP contribution in [-0.2, 0) is 20.7 Å². The molecule has 1 N–H and O–H groups in total. The molecule has 1 atom stereocenters. The first kappa shape index (κ1) is 20.2. The molecule has 26 heavy (non-hydrogen) atoms. The fourth-order valence-corrected chi connectivity index (χ4v) is 3.27. The minimum atomic E-state index is -0.768. The van der Waals surface area contributed by atoms with E-state index in [0.29, 0.717) is 45.6 Å². The average Bonchev–Trinajstić information content (AvgIpc) is 2.94. The molecular weight excluding hydrogens is 332 g/mol. The van der Waals surface area contributed by atoms with Crippen molar-refractivity contribution >= 4 is 11.8 Å². The van der Waals surface area contributed by atoms with Crippen molar-refractivity contribution < 1.29 is 19.1 Å². The number of methoxy groups -OCH3 is 1. The largest absolute Gasteiger partial charge is 0.494 e. The van der Waals surface area contributed by atoms with Gasteiger partial charge in [-0.25, -0.2) is 0 Å². The van der Waals surface area contributed by atoms with Crippen LogP contribution in [0.4, 0.5) is 0 Å². The van der Waals surface area contributed by atoms with Crippen molar-refractivity contribution in [2.24, 2.45) is 0 Å². The number of hydrogen-bond acceptors (Lipinski definition) is 4. The standard InChI is InChI=1S/C20H30N2O4/c1-4-26-17-8-6-16(7-9-17)11-14-22-18(23)10-12-20(22,2)19(24)21-13-5-15-25-3/h6-9H,4-5,10-15H2,1-3H3,(H,21,24)/t20-/m1/s1. The first-order chi connectivity index (χ1) is 12.5. The Labute approximate surface area is 155 Å². The van der Waals surface area contributed by atoms with Crippen LogP contribution in [-0.4, -0.2) is 55.7 Å². The Kier molecular flexibility index (Phi) is 7.45. The highest BCUT2D eigenvalue weighted by atomic mass is 16.5. The highest BCUT2D eigenvalue weighted by Crippen LogP contribution is 2.30. The number of carbonyl (C=O) groups is 2. The topological polar surface area (TPSA) is 67.9 Å². The Morgan fingerprint density at radius 3 is 2.69 bits per heavy atom. The van der Waals surface area contributed by atoms with E-state index in [1.54, 1.807) is 12.0 Å². The van der Waals surface area contributed by atoms with Crippen molar-refractivity contribution in [2.75, 3.05) is 33.4 Å². The highest BCUT2D eigenvalue weighted by molar-refractivity contribution is 5.94. The van der Waals surface area contributed by atoms with Crippen LogP contribution in [0.3, 0.4) is 0 Å². The van der Waals surface area contributed by atoms with Gasteiger partial charge < -0.3 is 19.7 Å². The minimum Gasteiger partial charge on any atom is -0.494 e. The number of ether oxygens (including phenoxy) is 2. The summed E-state index contributed by atoms with van der Waals surface area (Å²) in [4.78, 5) is 26.7. The summed E-state index contributed by atoms with van der Waals surface area (Å²) in [6, 6.07) is 7.89. The van der Waals surface area contributed by atoms with Crippen molar-refractivity contribution in [3.8, 4) is 5.75 Å². The SMILES string of the molecule is CCOc1ccc(CCN2C(=O)CC[C@]2(C)C(=O)NCCCOC)cc1. The maximum atomic E-state index is 12.7. The van der Waals surface area contributed by atoms with Gasteiger partial charge in [-0.1, -0.05) is 12.1 Å². The Hall–Kier alpha value is -2.08. The third-order valence-electron chi connectivity index (χ3n) is 4.88. The second-order valence-corrected chi connectivity index (χ2v) is 6.75. The monoisotopic (exact) mass is 362 g/mol. The van der Waals surface area contributed by atoms with Crippen LogP contribution in [0, 0.1) is 0 Å². The third kappa shape index (κ3) is 4.97. The zero-order chi connectivity index (χ0) is 19.0. The fraction of sp³-hybridized carbons (Fsp3) is 0.600. The Morgan fingerprint density at radius 2 is 2.04 bits per heavy atom. The van der Waals surface area contributed by atoms with Gasteiger partial charge in [0.25, 0.3) is 0 Å². The fourth-order valence-electron chi connectivity index (χ4n) is 3.27. The molecule has 1 saturated heterocycles. The van der Waals surface area contributed by atoms with E-state index < -0.39 is 5.54 Å². The lowest BCUT2D eigenvalue weighted by atomic mass is 9.97. The van der Waals surface area contributed by atoms with Gasteiger partial charge in [-0.15, -0.1) is 0 Å². The van der Waals surface area contributed by atoms with Crippen LogP contribution in [0.5, 0.6) is 5.75 Å². The first-order valence-electron chi connectivity index (χ1n) is 9.30. The minimum absolute atomic E-state index is 0.0467. The van der Waals surface area contributed by atoms with Gasteiger partial charge in [-0.2, -0.15) is 0 Å². The molecule has 0 radical (unpaired) electrons. The van der Waals surface area contributed by atoms with Crippen molar-refractivity contribution in [2.45, 2.75) is 45.1 Å². The van der Waals surface area contributed by atoms with Gasteiger partial charge in [0.2, 0.25) is 11.8 Å². The van der Waals surface area contributed by atoms with Gasteiger partial charge in [-0.3, -0.25) is 9.59 Å². The summed E-state index contributed by atoms with van der Waals surface area (Å²) in [7, 11) is 1.64. The van der Waals surface area contributed by atoms with Crippen molar-refractivity contribution in [3.63, 3.8) is 0 Å². The lowest BCUT2D eigenvalue weighted by molar-refractivity contribution is -0.140. The molecule has 1 aliphatic heterocycles. The van der Waals surface area contributed by atoms with E-state index >= 15 is 0 Å². The van der Waals surface area contributed by atoms with Crippen molar-refractivity contribution in [3.05, 3.63) is 29.8 Å². The lowest BCUT2D eigenvalue weighted by Crippen LogP contribution is -2.55. The Morgan fingerprint density at radius 1 is 1.31 bits per heavy atom. The maximum Gasteiger partial charge on any atom is 0.245 e. The van der Waals surface area contributed by atoms with Crippen LogP contribution in [0.1, 0.15) is 38.7 Å². The molecule has 0 aliphatic carbocycles. The van der Waals surface area contributed by atoms with Gasteiger partial charge in [0, 0.05) is 33.2 Å². The van der Waals surface area contributed by atoms with Crippen LogP contribution < -0.4 is 10.1 Å². The molecule has 0 spiro atoms. The number of amides is 2. The van der Waals surface area contributed by atoms with E-state index in [0.717, 1.165) is 17.7 Å². The molecule has 1 aliphatic rings. The molecule has 1 aromatic carbocycles. The molecule has 0 saturated carbocycles. The molecule has 6 heteroatoms. The van der Waals surface area contributed by atoms with Gasteiger partial charge in [-0.05, 0) is 50.8 Å². The number of likely N-dealkylation sites (tertiary alicyclic amines) is 1. The molecule has 0 bridgehead atoms. The number of nitrogens with zero attached hydrogens (tertiary/aromatic N) is 1. The lowest BCUT2D eigenvalue weighted by Gasteiger charge is -2.34. The van der Waals surface area contributed by atoms with E-state index in [1.165, 1.54) is 0 Å².